The molecule has 0 heterocycles. The maximum Gasteiger partial charge on any atom is 0.338 e. The lowest BCUT2D eigenvalue weighted by Gasteiger charge is -2.09. The predicted octanol–water partition coefficient (Wildman–Crippen LogP) is 2.93. The van der Waals surface area contributed by atoms with Gasteiger partial charge in [0.15, 0.2) is 0 Å². The second kappa shape index (κ2) is 6.23. The highest BCUT2D eigenvalue weighted by atomic mass is 19.3. The fraction of sp³-hybridized carbons (Fsp3) is 0.385. The Hall–Kier alpha value is -1.78. The Morgan fingerprint density at radius 3 is 2.50 bits per heavy atom. The molecule has 0 amide bonds. The van der Waals surface area contributed by atoms with Crippen LogP contribution in [0, 0.1) is 0 Å². The van der Waals surface area contributed by atoms with Crippen LogP contribution < -0.4 is 0 Å². The minimum Gasteiger partial charge on any atom is -0.462 e. The molecule has 0 unspecified atom stereocenters. The number of carbonyl (C=O) groups excluding carboxylic acids is 2. The molecule has 3 nitrogen and oxygen atoms in total. The monoisotopic (exact) mass is 256 g/mol. The zero-order chi connectivity index (χ0) is 13.7. The standard InChI is InChI=1S/C13H14F2O3/c1-3-18-13(17)11-5-4-9(12(14)15)7-10(11)6-8(2)16/h4-5,7,12H,3,6H2,1-2H3. The van der Waals surface area contributed by atoms with Crippen molar-refractivity contribution < 1.29 is 23.1 Å². The van der Waals surface area contributed by atoms with Crippen LogP contribution in [0.15, 0.2) is 18.2 Å². The molecule has 18 heavy (non-hydrogen) atoms. The molecule has 1 aromatic rings. The Bertz CT molecular complexity index is 456. The van der Waals surface area contributed by atoms with Gasteiger partial charge in [0.25, 0.3) is 6.43 Å². The van der Waals surface area contributed by atoms with Crippen LogP contribution in [0.3, 0.4) is 0 Å². The van der Waals surface area contributed by atoms with Gasteiger partial charge >= 0.3 is 5.97 Å². The Kier molecular flexibility index (Phi) is 4.95. The van der Waals surface area contributed by atoms with Crippen molar-refractivity contribution in [3.05, 3.63) is 34.9 Å². The first-order chi connectivity index (χ1) is 8.45. The summed E-state index contributed by atoms with van der Waals surface area (Å²) in [4.78, 5) is 22.7. The summed E-state index contributed by atoms with van der Waals surface area (Å²) >= 11 is 0. The molecule has 1 aromatic carbocycles. The van der Waals surface area contributed by atoms with E-state index < -0.39 is 12.4 Å². The van der Waals surface area contributed by atoms with Crippen molar-refractivity contribution in [2.75, 3.05) is 6.61 Å². The summed E-state index contributed by atoms with van der Waals surface area (Å²) in [6.07, 6.45) is -2.69. The van der Waals surface area contributed by atoms with Gasteiger partial charge in [-0.2, -0.15) is 0 Å². The second-order valence-electron chi connectivity index (χ2n) is 3.82. The third-order valence-electron chi connectivity index (χ3n) is 2.32. The SMILES string of the molecule is CCOC(=O)c1ccc(C(F)F)cc1CC(C)=O. The fourth-order valence-corrected chi connectivity index (χ4v) is 1.57. The van der Waals surface area contributed by atoms with Crippen molar-refractivity contribution in [3.63, 3.8) is 0 Å². The Balaban J connectivity index is 3.15. The first kappa shape index (κ1) is 14.3. The molecule has 0 aliphatic rings. The van der Waals surface area contributed by atoms with E-state index >= 15 is 0 Å². The average molecular weight is 256 g/mol. The van der Waals surface area contributed by atoms with E-state index in [4.69, 9.17) is 4.74 Å². The maximum atomic E-state index is 12.6. The van der Waals surface area contributed by atoms with E-state index in [1.807, 2.05) is 0 Å². The van der Waals surface area contributed by atoms with Gasteiger partial charge in [0.05, 0.1) is 12.2 Å². The summed E-state index contributed by atoms with van der Waals surface area (Å²) in [7, 11) is 0. The van der Waals surface area contributed by atoms with E-state index in [9.17, 15) is 18.4 Å². The molecule has 0 fully saturated rings. The molecule has 98 valence electrons. The van der Waals surface area contributed by atoms with E-state index in [0.29, 0.717) is 0 Å². The van der Waals surface area contributed by atoms with E-state index in [1.54, 1.807) is 6.92 Å². The normalized spacial score (nSPS) is 10.5. The van der Waals surface area contributed by atoms with Crippen LogP contribution in [0.5, 0.6) is 0 Å². The average Bonchev–Trinajstić information content (AvgIpc) is 2.28. The number of rotatable bonds is 5. The van der Waals surface area contributed by atoms with Gasteiger partial charge in [-0.25, -0.2) is 13.6 Å². The minimum absolute atomic E-state index is 0.0608. The van der Waals surface area contributed by atoms with Gasteiger partial charge in [0.1, 0.15) is 5.78 Å². The van der Waals surface area contributed by atoms with E-state index in [2.05, 4.69) is 0 Å². The number of Topliss-reactive ketones (excluding diaryl/α,β-unsaturated/α-hetero) is 1. The number of carbonyl (C=O) groups is 2. The number of alkyl halides is 2. The van der Waals surface area contributed by atoms with Crippen molar-refractivity contribution in [3.8, 4) is 0 Å². The summed E-state index contributed by atoms with van der Waals surface area (Å²) in [5, 5.41) is 0. The third-order valence-corrected chi connectivity index (χ3v) is 2.32. The first-order valence-electron chi connectivity index (χ1n) is 5.53. The molecular formula is C13H14F2O3. The molecule has 0 atom stereocenters. The van der Waals surface area contributed by atoms with Gasteiger partial charge < -0.3 is 4.74 Å². The van der Waals surface area contributed by atoms with Gasteiger partial charge in [-0.05, 0) is 31.5 Å². The summed E-state index contributed by atoms with van der Waals surface area (Å²) in [5.41, 5.74) is 0.231. The quantitative estimate of drug-likeness (QED) is 0.761. The molecule has 0 radical (unpaired) electrons. The Morgan fingerprint density at radius 1 is 1.33 bits per heavy atom. The number of hydrogen-bond donors (Lipinski definition) is 0. The third kappa shape index (κ3) is 3.61. The van der Waals surface area contributed by atoms with Crippen molar-refractivity contribution in [1.29, 1.82) is 0 Å². The van der Waals surface area contributed by atoms with Gasteiger partial charge in [-0.15, -0.1) is 0 Å². The Labute approximate surface area is 104 Å². The van der Waals surface area contributed by atoms with Crippen LogP contribution in [-0.2, 0) is 16.0 Å². The summed E-state index contributed by atoms with van der Waals surface area (Å²) in [6, 6.07) is 3.62. The number of esters is 1. The number of ketones is 1. The molecular weight excluding hydrogens is 242 g/mol. The molecule has 0 saturated carbocycles. The van der Waals surface area contributed by atoms with Gasteiger partial charge in [-0.3, -0.25) is 4.79 Å². The largest absolute Gasteiger partial charge is 0.462 e. The zero-order valence-electron chi connectivity index (χ0n) is 10.2. The summed E-state index contributed by atoms with van der Waals surface area (Å²) in [5.74, 6) is -0.804. The number of halogens is 2. The van der Waals surface area contributed by atoms with E-state index in [1.165, 1.54) is 25.1 Å². The highest BCUT2D eigenvalue weighted by Crippen LogP contribution is 2.23. The van der Waals surface area contributed by atoms with Crippen molar-refractivity contribution in [2.45, 2.75) is 26.7 Å². The highest BCUT2D eigenvalue weighted by Gasteiger charge is 2.17. The van der Waals surface area contributed by atoms with Crippen LogP contribution >= 0.6 is 0 Å². The van der Waals surface area contributed by atoms with Gasteiger partial charge in [0, 0.05) is 12.0 Å². The van der Waals surface area contributed by atoms with Crippen LogP contribution in [0.25, 0.3) is 0 Å². The van der Waals surface area contributed by atoms with Crippen molar-refractivity contribution in [1.82, 2.24) is 0 Å². The van der Waals surface area contributed by atoms with Crippen LogP contribution in [0.2, 0.25) is 0 Å². The molecule has 0 saturated heterocycles. The van der Waals surface area contributed by atoms with E-state index in [-0.39, 0.29) is 35.5 Å². The van der Waals surface area contributed by atoms with Gasteiger partial charge in [-0.1, -0.05) is 6.07 Å². The molecule has 0 N–H and O–H groups in total. The fourth-order valence-electron chi connectivity index (χ4n) is 1.57. The van der Waals surface area contributed by atoms with Crippen LogP contribution in [-0.4, -0.2) is 18.4 Å². The summed E-state index contributed by atoms with van der Waals surface area (Å²) in [6.45, 7) is 3.18. The lowest BCUT2D eigenvalue weighted by Crippen LogP contribution is -2.11. The topological polar surface area (TPSA) is 43.4 Å². The molecule has 0 aromatic heterocycles. The summed E-state index contributed by atoms with van der Waals surface area (Å²) < 4.78 is 29.9. The number of benzene rings is 1. The second-order valence-corrected chi connectivity index (χ2v) is 3.82. The van der Waals surface area contributed by atoms with Crippen LogP contribution in [0.1, 0.15) is 41.8 Å². The minimum atomic E-state index is -2.63. The molecule has 0 aliphatic heterocycles. The smallest absolute Gasteiger partial charge is 0.338 e. The lowest BCUT2D eigenvalue weighted by molar-refractivity contribution is -0.116. The molecule has 0 bridgehead atoms. The number of hydrogen-bond acceptors (Lipinski definition) is 3. The molecule has 5 heteroatoms. The van der Waals surface area contributed by atoms with Crippen LogP contribution in [0.4, 0.5) is 8.78 Å². The molecule has 0 spiro atoms. The van der Waals surface area contributed by atoms with Gasteiger partial charge in [0.2, 0.25) is 0 Å². The number of ether oxygens (including phenoxy) is 1. The predicted molar refractivity (Wildman–Crippen MR) is 61.7 cm³/mol. The first-order valence-corrected chi connectivity index (χ1v) is 5.53. The highest BCUT2D eigenvalue weighted by molar-refractivity contribution is 5.93. The van der Waals surface area contributed by atoms with Crippen molar-refractivity contribution in [2.24, 2.45) is 0 Å². The van der Waals surface area contributed by atoms with Crippen molar-refractivity contribution >= 4 is 11.8 Å². The lowest BCUT2D eigenvalue weighted by atomic mass is 10.00. The van der Waals surface area contributed by atoms with E-state index in [0.717, 1.165) is 0 Å². The Morgan fingerprint density at radius 2 is 2.00 bits per heavy atom. The zero-order valence-corrected chi connectivity index (χ0v) is 10.2. The maximum absolute atomic E-state index is 12.6. The molecule has 0 aliphatic carbocycles. The molecule has 1 rings (SSSR count).